The summed E-state index contributed by atoms with van der Waals surface area (Å²) < 4.78 is 0. The number of Topliss-reactive ketones (excluding diaryl/α,β-unsaturated/α-hetero) is 2. The molecule has 1 fully saturated rings. The zero-order chi connectivity index (χ0) is 14.2. The Kier molecular flexibility index (Phi) is 3.29. The van der Waals surface area contributed by atoms with Crippen LogP contribution in [0.3, 0.4) is 0 Å². The quantitative estimate of drug-likeness (QED) is 0.445. The Bertz CT molecular complexity index is 540. The number of carbonyl (C=O) groups excluding carboxylic acids is 4. The first kappa shape index (κ1) is 13.1. The Balaban J connectivity index is 2.38. The number of carbonyl (C=O) groups is 4. The summed E-state index contributed by atoms with van der Waals surface area (Å²) in [5, 5.41) is 0. The van der Waals surface area contributed by atoms with E-state index < -0.39 is 35.2 Å². The van der Waals surface area contributed by atoms with Gasteiger partial charge in [0.25, 0.3) is 0 Å². The molecule has 0 aliphatic carbocycles. The fourth-order valence-corrected chi connectivity index (χ4v) is 2.10. The van der Waals surface area contributed by atoms with Crippen LogP contribution >= 0.6 is 0 Å². The maximum absolute atomic E-state index is 12.2. The van der Waals surface area contributed by atoms with Crippen molar-refractivity contribution in [2.75, 3.05) is 7.05 Å². The highest BCUT2D eigenvalue weighted by atomic mass is 16.2. The van der Waals surface area contributed by atoms with E-state index in [4.69, 9.17) is 0 Å². The van der Waals surface area contributed by atoms with E-state index in [1.807, 2.05) is 0 Å². The van der Waals surface area contributed by atoms with E-state index in [0.717, 1.165) is 4.90 Å². The number of imide groups is 1. The monoisotopic (exact) mass is 259 g/mol. The Morgan fingerprint density at radius 1 is 1.05 bits per heavy atom. The van der Waals surface area contributed by atoms with E-state index in [-0.39, 0.29) is 0 Å². The summed E-state index contributed by atoms with van der Waals surface area (Å²) >= 11 is 0. The lowest BCUT2D eigenvalue weighted by Gasteiger charge is -2.29. The summed E-state index contributed by atoms with van der Waals surface area (Å²) in [5.41, 5.74) is 0.296. The molecule has 2 amide bonds. The topological polar surface area (TPSA) is 71.5 Å². The molecular weight excluding hydrogens is 246 g/mol. The first-order chi connectivity index (χ1) is 8.95. The van der Waals surface area contributed by atoms with Crippen molar-refractivity contribution in [2.45, 2.75) is 6.92 Å². The second-order valence-electron chi connectivity index (χ2n) is 4.52. The molecule has 0 N–H and O–H groups in total. The second-order valence-corrected chi connectivity index (χ2v) is 4.52. The van der Waals surface area contributed by atoms with Crippen LogP contribution in [0.4, 0.5) is 0 Å². The molecule has 0 aromatic heterocycles. The molecule has 2 unspecified atom stereocenters. The van der Waals surface area contributed by atoms with Gasteiger partial charge in [-0.2, -0.15) is 0 Å². The largest absolute Gasteiger partial charge is 0.297 e. The molecule has 0 spiro atoms. The van der Waals surface area contributed by atoms with Gasteiger partial charge in [-0.15, -0.1) is 0 Å². The SMILES string of the molecule is CC1C(=O)C(C(=O)c2ccccc2)C(=O)N(C)C1=O. The number of likely N-dealkylation sites (tertiary alicyclic amines) is 1. The first-order valence-electron chi connectivity index (χ1n) is 5.89. The fraction of sp³-hybridized carbons (Fsp3) is 0.286. The Hall–Kier alpha value is -2.30. The molecule has 0 bridgehead atoms. The number of ketones is 2. The number of amides is 2. The zero-order valence-electron chi connectivity index (χ0n) is 10.6. The third-order valence-corrected chi connectivity index (χ3v) is 3.31. The van der Waals surface area contributed by atoms with E-state index in [1.165, 1.54) is 14.0 Å². The van der Waals surface area contributed by atoms with Gasteiger partial charge in [-0.1, -0.05) is 30.3 Å². The molecule has 98 valence electrons. The Morgan fingerprint density at radius 3 is 2.21 bits per heavy atom. The van der Waals surface area contributed by atoms with Gasteiger partial charge < -0.3 is 0 Å². The second kappa shape index (κ2) is 4.76. The lowest BCUT2D eigenvalue weighted by Crippen LogP contribution is -2.54. The third kappa shape index (κ3) is 2.07. The highest BCUT2D eigenvalue weighted by Gasteiger charge is 2.47. The third-order valence-electron chi connectivity index (χ3n) is 3.31. The van der Waals surface area contributed by atoms with E-state index in [1.54, 1.807) is 30.3 Å². The molecule has 2 rings (SSSR count). The molecule has 5 heteroatoms. The van der Waals surface area contributed by atoms with Gasteiger partial charge in [0, 0.05) is 12.6 Å². The van der Waals surface area contributed by atoms with E-state index in [0.29, 0.717) is 5.56 Å². The highest BCUT2D eigenvalue weighted by Crippen LogP contribution is 2.23. The molecular formula is C14H13NO4. The summed E-state index contributed by atoms with van der Waals surface area (Å²) in [6, 6.07) is 8.14. The molecule has 1 heterocycles. The van der Waals surface area contributed by atoms with Gasteiger partial charge in [0.2, 0.25) is 11.8 Å². The van der Waals surface area contributed by atoms with Crippen molar-refractivity contribution in [1.29, 1.82) is 0 Å². The summed E-state index contributed by atoms with van der Waals surface area (Å²) in [7, 11) is 1.29. The molecule has 2 atom stereocenters. The van der Waals surface area contributed by atoms with Gasteiger partial charge in [-0.25, -0.2) is 0 Å². The van der Waals surface area contributed by atoms with Crippen LogP contribution in [0.5, 0.6) is 0 Å². The lowest BCUT2D eigenvalue weighted by atomic mass is 9.83. The van der Waals surface area contributed by atoms with Crippen molar-refractivity contribution in [1.82, 2.24) is 4.90 Å². The van der Waals surface area contributed by atoms with Crippen LogP contribution in [0.2, 0.25) is 0 Å². The Labute approximate surface area is 110 Å². The Morgan fingerprint density at radius 2 is 1.63 bits per heavy atom. The summed E-state index contributed by atoms with van der Waals surface area (Å²) in [6.45, 7) is 1.42. The highest BCUT2D eigenvalue weighted by molar-refractivity contribution is 6.31. The van der Waals surface area contributed by atoms with Gasteiger partial charge in [-0.05, 0) is 6.92 Å². The van der Waals surface area contributed by atoms with Crippen molar-refractivity contribution in [3.63, 3.8) is 0 Å². The normalized spacial score (nSPS) is 23.7. The van der Waals surface area contributed by atoms with Crippen molar-refractivity contribution < 1.29 is 19.2 Å². The van der Waals surface area contributed by atoms with Gasteiger partial charge in [-0.3, -0.25) is 24.1 Å². The minimum Gasteiger partial charge on any atom is -0.297 e. The lowest BCUT2D eigenvalue weighted by molar-refractivity contribution is -0.156. The number of nitrogens with zero attached hydrogens (tertiary/aromatic N) is 1. The van der Waals surface area contributed by atoms with Crippen molar-refractivity contribution in [3.05, 3.63) is 35.9 Å². The van der Waals surface area contributed by atoms with Gasteiger partial charge in [0.1, 0.15) is 0 Å². The van der Waals surface area contributed by atoms with E-state index in [2.05, 4.69) is 0 Å². The van der Waals surface area contributed by atoms with Crippen molar-refractivity contribution in [3.8, 4) is 0 Å². The summed E-state index contributed by atoms with van der Waals surface area (Å²) in [6.07, 6.45) is 0. The number of hydrogen-bond donors (Lipinski definition) is 0. The van der Waals surface area contributed by atoms with Crippen LogP contribution in [0, 0.1) is 11.8 Å². The number of hydrogen-bond acceptors (Lipinski definition) is 4. The molecule has 5 nitrogen and oxygen atoms in total. The molecule has 0 saturated carbocycles. The van der Waals surface area contributed by atoms with Crippen LogP contribution in [0.15, 0.2) is 30.3 Å². The van der Waals surface area contributed by atoms with Crippen molar-refractivity contribution >= 4 is 23.4 Å². The van der Waals surface area contributed by atoms with Gasteiger partial charge >= 0.3 is 0 Å². The van der Waals surface area contributed by atoms with Crippen LogP contribution < -0.4 is 0 Å². The molecule has 1 aliphatic heterocycles. The first-order valence-corrected chi connectivity index (χ1v) is 5.89. The van der Waals surface area contributed by atoms with E-state index in [9.17, 15) is 19.2 Å². The van der Waals surface area contributed by atoms with E-state index >= 15 is 0 Å². The summed E-state index contributed by atoms with van der Waals surface area (Å²) in [4.78, 5) is 48.7. The minimum atomic E-state index is -1.40. The number of piperidine rings is 1. The molecule has 0 radical (unpaired) electrons. The average Bonchev–Trinajstić information content (AvgIpc) is 2.44. The predicted octanol–water partition coefficient (Wildman–Crippen LogP) is 0.689. The number of rotatable bonds is 2. The summed E-state index contributed by atoms with van der Waals surface area (Å²) in [5.74, 6) is -4.85. The van der Waals surface area contributed by atoms with Crippen LogP contribution in [-0.2, 0) is 14.4 Å². The van der Waals surface area contributed by atoms with Crippen LogP contribution in [0.1, 0.15) is 17.3 Å². The maximum Gasteiger partial charge on any atom is 0.247 e. The molecule has 1 aliphatic rings. The average molecular weight is 259 g/mol. The minimum absolute atomic E-state index is 0.296. The molecule has 1 aromatic carbocycles. The molecule has 1 aromatic rings. The predicted molar refractivity (Wildman–Crippen MR) is 66.2 cm³/mol. The van der Waals surface area contributed by atoms with Crippen LogP contribution in [-0.4, -0.2) is 35.3 Å². The number of benzene rings is 1. The maximum atomic E-state index is 12.2. The molecule has 19 heavy (non-hydrogen) atoms. The zero-order valence-corrected chi connectivity index (χ0v) is 10.6. The van der Waals surface area contributed by atoms with Gasteiger partial charge in [0.15, 0.2) is 17.5 Å². The van der Waals surface area contributed by atoms with Gasteiger partial charge in [0.05, 0.1) is 5.92 Å². The van der Waals surface area contributed by atoms with Crippen LogP contribution in [0.25, 0.3) is 0 Å². The molecule has 1 saturated heterocycles. The smallest absolute Gasteiger partial charge is 0.247 e. The standard InChI is InChI=1S/C14H13NO4/c1-8-11(16)10(14(19)15(2)13(8)18)12(17)9-6-4-3-5-7-9/h3-8,10H,1-2H3. The van der Waals surface area contributed by atoms with Crippen molar-refractivity contribution in [2.24, 2.45) is 11.8 Å². The fourth-order valence-electron chi connectivity index (χ4n) is 2.10.